The number of carbonyl (C=O) groups is 1. The molecule has 1 radical (unpaired) electrons. The summed E-state index contributed by atoms with van der Waals surface area (Å²) >= 11 is 0. The second kappa shape index (κ2) is 5.39. The lowest BCUT2D eigenvalue weighted by Crippen LogP contribution is -2.09. The maximum Gasteiger partial charge on any atom is 0.341 e. The lowest BCUT2D eigenvalue weighted by Gasteiger charge is -2.11. The maximum atomic E-state index is 11.4. The van der Waals surface area contributed by atoms with Gasteiger partial charge in [-0.25, -0.2) is 4.79 Å². The van der Waals surface area contributed by atoms with Crippen molar-refractivity contribution in [2.45, 2.75) is 13.8 Å². The molecule has 15 heavy (non-hydrogen) atoms. The van der Waals surface area contributed by atoms with Crippen molar-refractivity contribution < 1.29 is 14.3 Å². The van der Waals surface area contributed by atoms with Crippen molar-refractivity contribution in [3.05, 3.63) is 29.8 Å². The van der Waals surface area contributed by atoms with Gasteiger partial charge in [-0.1, -0.05) is 19.9 Å². The third kappa shape index (κ3) is 3.27. The number of hydrogen-bond donors (Lipinski definition) is 0. The van der Waals surface area contributed by atoms with E-state index in [1.807, 2.05) is 13.8 Å². The molecule has 1 aromatic carbocycles. The molecule has 0 aliphatic rings. The summed E-state index contributed by atoms with van der Waals surface area (Å²) < 4.78 is 10.1. The standard InChI is InChI=1S/C12H15O3/c1-9(2)8-15-11-7-5-4-6-10(11)12(13)14-3/h4,6-7,9H,8H2,1-3H3. The van der Waals surface area contributed by atoms with Crippen LogP contribution in [0.2, 0.25) is 0 Å². The Labute approximate surface area is 90.0 Å². The van der Waals surface area contributed by atoms with Gasteiger partial charge in [-0.3, -0.25) is 0 Å². The fraction of sp³-hybridized carbons (Fsp3) is 0.417. The molecule has 1 aromatic rings. The Morgan fingerprint density at radius 1 is 1.53 bits per heavy atom. The Hall–Kier alpha value is -1.51. The van der Waals surface area contributed by atoms with E-state index in [4.69, 9.17) is 4.74 Å². The highest BCUT2D eigenvalue weighted by Gasteiger charge is 2.12. The molecule has 0 saturated heterocycles. The van der Waals surface area contributed by atoms with Gasteiger partial charge in [-0.15, -0.1) is 0 Å². The summed E-state index contributed by atoms with van der Waals surface area (Å²) in [5.74, 6) is 0.552. The van der Waals surface area contributed by atoms with Crippen molar-refractivity contribution in [2.75, 3.05) is 13.7 Å². The Bertz CT molecular complexity index is 331. The molecule has 0 N–H and O–H groups in total. The Kier molecular flexibility index (Phi) is 4.16. The molecular weight excluding hydrogens is 192 g/mol. The van der Waals surface area contributed by atoms with Crippen LogP contribution >= 0.6 is 0 Å². The number of ether oxygens (including phenoxy) is 2. The van der Waals surface area contributed by atoms with Crippen LogP contribution in [0.5, 0.6) is 5.75 Å². The molecule has 3 heteroatoms. The Morgan fingerprint density at radius 2 is 2.27 bits per heavy atom. The summed E-state index contributed by atoms with van der Waals surface area (Å²) in [7, 11) is 1.35. The zero-order chi connectivity index (χ0) is 11.3. The minimum Gasteiger partial charge on any atom is -0.492 e. The molecule has 0 unspecified atom stereocenters. The number of esters is 1. The van der Waals surface area contributed by atoms with E-state index in [2.05, 4.69) is 10.8 Å². The van der Waals surface area contributed by atoms with E-state index in [-0.39, 0.29) is 5.97 Å². The molecule has 0 bridgehead atoms. The molecule has 81 valence electrons. The van der Waals surface area contributed by atoms with Crippen LogP contribution in [0.25, 0.3) is 0 Å². The highest BCUT2D eigenvalue weighted by Crippen LogP contribution is 2.19. The largest absolute Gasteiger partial charge is 0.492 e. The van der Waals surface area contributed by atoms with Gasteiger partial charge in [-0.2, -0.15) is 0 Å². The molecule has 0 aliphatic heterocycles. The maximum absolute atomic E-state index is 11.4. The Balaban J connectivity index is 2.81. The SMILES string of the molecule is COC(=O)c1cc[c]cc1OCC(C)C. The molecule has 0 amide bonds. The van der Waals surface area contributed by atoms with Crippen LogP contribution in [0.4, 0.5) is 0 Å². The summed E-state index contributed by atoms with van der Waals surface area (Å²) in [6.45, 7) is 4.66. The molecule has 1 rings (SSSR count). The quantitative estimate of drug-likeness (QED) is 0.711. The van der Waals surface area contributed by atoms with Gasteiger partial charge in [0.2, 0.25) is 0 Å². The number of hydrogen-bond acceptors (Lipinski definition) is 3. The highest BCUT2D eigenvalue weighted by atomic mass is 16.5. The molecule has 0 aliphatic carbocycles. The molecule has 3 nitrogen and oxygen atoms in total. The molecular formula is C12H15O3. The van der Waals surface area contributed by atoms with Crippen molar-refractivity contribution in [1.82, 2.24) is 0 Å². The van der Waals surface area contributed by atoms with Crippen LogP contribution in [0, 0.1) is 12.0 Å². The second-order valence-corrected chi connectivity index (χ2v) is 3.62. The lowest BCUT2D eigenvalue weighted by atomic mass is 10.2. The van der Waals surface area contributed by atoms with Crippen molar-refractivity contribution in [1.29, 1.82) is 0 Å². The molecule has 0 heterocycles. The minimum absolute atomic E-state index is 0.386. The van der Waals surface area contributed by atoms with E-state index in [0.29, 0.717) is 23.8 Å². The van der Waals surface area contributed by atoms with Gasteiger partial charge in [0, 0.05) is 0 Å². The second-order valence-electron chi connectivity index (χ2n) is 3.62. The average Bonchev–Trinajstić information content (AvgIpc) is 2.25. The van der Waals surface area contributed by atoms with Crippen molar-refractivity contribution >= 4 is 5.97 Å². The van der Waals surface area contributed by atoms with Gasteiger partial charge in [0.15, 0.2) is 0 Å². The van der Waals surface area contributed by atoms with Gasteiger partial charge < -0.3 is 9.47 Å². The van der Waals surface area contributed by atoms with Crippen molar-refractivity contribution in [3.8, 4) is 5.75 Å². The van der Waals surface area contributed by atoms with E-state index in [9.17, 15) is 4.79 Å². The average molecular weight is 207 g/mol. The number of rotatable bonds is 4. The van der Waals surface area contributed by atoms with Crippen molar-refractivity contribution in [2.24, 2.45) is 5.92 Å². The van der Waals surface area contributed by atoms with Crippen LogP contribution in [0.3, 0.4) is 0 Å². The molecule has 0 saturated carbocycles. The first-order valence-corrected chi connectivity index (χ1v) is 4.86. The van der Waals surface area contributed by atoms with Gasteiger partial charge in [0.05, 0.1) is 13.7 Å². The molecule has 0 spiro atoms. The van der Waals surface area contributed by atoms with Gasteiger partial charge in [-0.05, 0) is 24.1 Å². The van der Waals surface area contributed by atoms with Gasteiger partial charge in [0.25, 0.3) is 0 Å². The first kappa shape index (κ1) is 11.6. The van der Waals surface area contributed by atoms with Crippen LogP contribution in [-0.2, 0) is 4.74 Å². The van der Waals surface area contributed by atoms with Crippen LogP contribution in [0.15, 0.2) is 18.2 Å². The normalized spacial score (nSPS) is 10.1. The topological polar surface area (TPSA) is 35.5 Å². The predicted molar refractivity (Wildman–Crippen MR) is 57.0 cm³/mol. The molecule has 0 aromatic heterocycles. The first-order valence-electron chi connectivity index (χ1n) is 4.86. The summed E-state index contributed by atoms with van der Waals surface area (Å²) in [4.78, 5) is 11.4. The lowest BCUT2D eigenvalue weighted by molar-refractivity contribution is 0.0595. The fourth-order valence-electron chi connectivity index (χ4n) is 1.07. The predicted octanol–water partition coefficient (Wildman–Crippen LogP) is 2.31. The zero-order valence-corrected chi connectivity index (χ0v) is 9.24. The van der Waals surface area contributed by atoms with Crippen LogP contribution in [-0.4, -0.2) is 19.7 Å². The summed E-state index contributed by atoms with van der Waals surface area (Å²) in [5.41, 5.74) is 0.442. The van der Waals surface area contributed by atoms with Gasteiger partial charge in [0.1, 0.15) is 11.3 Å². The summed E-state index contributed by atoms with van der Waals surface area (Å²) in [6, 6.07) is 7.82. The summed E-state index contributed by atoms with van der Waals surface area (Å²) in [5, 5.41) is 0. The minimum atomic E-state index is -0.386. The van der Waals surface area contributed by atoms with E-state index >= 15 is 0 Å². The van der Waals surface area contributed by atoms with E-state index in [1.54, 1.807) is 18.2 Å². The van der Waals surface area contributed by atoms with E-state index in [0.717, 1.165) is 0 Å². The van der Waals surface area contributed by atoms with E-state index < -0.39 is 0 Å². The number of carbonyl (C=O) groups excluding carboxylic acids is 1. The van der Waals surface area contributed by atoms with Crippen molar-refractivity contribution in [3.63, 3.8) is 0 Å². The molecule has 0 fully saturated rings. The number of benzene rings is 1. The van der Waals surface area contributed by atoms with E-state index in [1.165, 1.54) is 7.11 Å². The highest BCUT2D eigenvalue weighted by molar-refractivity contribution is 5.92. The van der Waals surface area contributed by atoms with Gasteiger partial charge >= 0.3 is 5.97 Å². The fourth-order valence-corrected chi connectivity index (χ4v) is 1.07. The van der Waals surface area contributed by atoms with Crippen LogP contribution < -0.4 is 4.74 Å². The monoisotopic (exact) mass is 207 g/mol. The zero-order valence-electron chi connectivity index (χ0n) is 9.24. The summed E-state index contributed by atoms with van der Waals surface area (Å²) in [6.07, 6.45) is 0. The first-order chi connectivity index (χ1) is 7.15. The molecule has 0 atom stereocenters. The smallest absolute Gasteiger partial charge is 0.341 e. The number of methoxy groups -OCH3 is 1. The Morgan fingerprint density at radius 3 is 2.87 bits per heavy atom. The third-order valence-electron chi connectivity index (χ3n) is 1.80. The third-order valence-corrected chi connectivity index (χ3v) is 1.80. The van der Waals surface area contributed by atoms with Crippen LogP contribution in [0.1, 0.15) is 24.2 Å².